The monoisotopic (exact) mass is 327 g/mol. The maximum absolute atomic E-state index is 6.34. The summed E-state index contributed by atoms with van der Waals surface area (Å²) in [5, 5.41) is 0.829. The fraction of sp³-hybridized carbons (Fsp3) is 0.421. The van der Waals surface area contributed by atoms with Crippen molar-refractivity contribution < 1.29 is 0 Å². The normalized spacial score (nSPS) is 22.3. The molecular formula is C19H22ClN3. The van der Waals surface area contributed by atoms with Crippen LogP contribution in [0.25, 0.3) is 0 Å². The Kier molecular flexibility index (Phi) is 4.10. The summed E-state index contributed by atoms with van der Waals surface area (Å²) in [5.41, 5.74) is 5.38. The Bertz CT molecular complexity index is 708. The second-order valence-electron chi connectivity index (χ2n) is 6.62. The second-order valence-corrected chi connectivity index (χ2v) is 7.06. The van der Waals surface area contributed by atoms with Gasteiger partial charge in [-0.3, -0.25) is 9.88 Å². The first kappa shape index (κ1) is 15.1. The van der Waals surface area contributed by atoms with E-state index >= 15 is 0 Å². The SMILES string of the molecule is CN1CCN(C2c3cc(Cl)ccc3CCc3ncccc32)CC1. The van der Waals surface area contributed by atoms with Gasteiger partial charge in [-0.2, -0.15) is 0 Å². The van der Waals surface area contributed by atoms with Gasteiger partial charge >= 0.3 is 0 Å². The van der Waals surface area contributed by atoms with E-state index in [2.05, 4.69) is 46.1 Å². The van der Waals surface area contributed by atoms with Gasteiger partial charge in [-0.1, -0.05) is 23.7 Å². The van der Waals surface area contributed by atoms with Gasteiger partial charge in [-0.05, 0) is 54.8 Å². The fourth-order valence-electron chi connectivity index (χ4n) is 3.85. The molecule has 0 spiro atoms. The molecule has 2 aliphatic rings. The van der Waals surface area contributed by atoms with Crippen molar-refractivity contribution in [2.75, 3.05) is 33.2 Å². The zero-order valence-electron chi connectivity index (χ0n) is 13.5. The summed E-state index contributed by atoms with van der Waals surface area (Å²) in [6.07, 6.45) is 3.97. The number of hydrogen-bond acceptors (Lipinski definition) is 3. The van der Waals surface area contributed by atoms with Crippen molar-refractivity contribution in [2.24, 2.45) is 0 Å². The third kappa shape index (κ3) is 2.89. The van der Waals surface area contributed by atoms with E-state index in [4.69, 9.17) is 11.6 Å². The number of piperazine rings is 1. The molecule has 4 heteroatoms. The summed E-state index contributed by atoms with van der Waals surface area (Å²) in [4.78, 5) is 9.67. The van der Waals surface area contributed by atoms with Crippen LogP contribution in [0, 0.1) is 0 Å². The number of aromatic nitrogens is 1. The van der Waals surface area contributed by atoms with Gasteiger partial charge in [-0.25, -0.2) is 0 Å². The number of nitrogens with zero attached hydrogens (tertiary/aromatic N) is 3. The Hall–Kier alpha value is -1.42. The number of likely N-dealkylation sites (N-methyl/N-ethyl adjacent to an activating group) is 1. The van der Waals surface area contributed by atoms with Crippen LogP contribution >= 0.6 is 11.6 Å². The minimum absolute atomic E-state index is 0.281. The van der Waals surface area contributed by atoms with Gasteiger partial charge in [0.05, 0.1) is 6.04 Å². The average molecular weight is 328 g/mol. The van der Waals surface area contributed by atoms with Crippen molar-refractivity contribution in [1.29, 1.82) is 0 Å². The number of pyridine rings is 1. The van der Waals surface area contributed by atoms with Crippen molar-refractivity contribution in [3.05, 3.63) is 63.9 Å². The Morgan fingerprint density at radius 1 is 1.04 bits per heavy atom. The third-order valence-electron chi connectivity index (χ3n) is 5.16. The van der Waals surface area contributed by atoms with Crippen molar-refractivity contribution in [1.82, 2.24) is 14.8 Å². The number of rotatable bonds is 1. The van der Waals surface area contributed by atoms with E-state index < -0.39 is 0 Å². The van der Waals surface area contributed by atoms with E-state index in [1.807, 2.05) is 12.3 Å². The molecule has 0 N–H and O–H groups in total. The van der Waals surface area contributed by atoms with Crippen LogP contribution in [0.4, 0.5) is 0 Å². The van der Waals surface area contributed by atoms with Crippen molar-refractivity contribution in [3.8, 4) is 0 Å². The molecule has 1 aromatic carbocycles. The van der Waals surface area contributed by atoms with E-state index in [1.54, 1.807) is 0 Å². The quantitative estimate of drug-likeness (QED) is 0.802. The molecule has 0 radical (unpaired) electrons. The van der Waals surface area contributed by atoms with Crippen LogP contribution in [0.5, 0.6) is 0 Å². The maximum Gasteiger partial charge on any atom is 0.0623 e. The molecular weight excluding hydrogens is 306 g/mol. The molecule has 0 bridgehead atoms. The van der Waals surface area contributed by atoms with Gasteiger partial charge in [0.2, 0.25) is 0 Å². The van der Waals surface area contributed by atoms with Crippen LogP contribution in [0.15, 0.2) is 36.5 Å². The Balaban J connectivity index is 1.83. The Morgan fingerprint density at radius 3 is 2.70 bits per heavy atom. The maximum atomic E-state index is 6.34. The molecule has 0 saturated carbocycles. The highest BCUT2D eigenvalue weighted by molar-refractivity contribution is 6.30. The number of hydrogen-bond donors (Lipinski definition) is 0. The van der Waals surface area contributed by atoms with E-state index in [-0.39, 0.29) is 6.04 Å². The second kappa shape index (κ2) is 6.23. The Labute approximate surface area is 142 Å². The zero-order valence-corrected chi connectivity index (χ0v) is 14.3. The zero-order chi connectivity index (χ0) is 15.8. The fourth-order valence-corrected chi connectivity index (χ4v) is 4.03. The highest BCUT2D eigenvalue weighted by Crippen LogP contribution is 2.37. The first-order chi connectivity index (χ1) is 11.2. The van der Waals surface area contributed by atoms with Crippen LogP contribution in [0.3, 0.4) is 0 Å². The van der Waals surface area contributed by atoms with E-state index in [0.29, 0.717) is 0 Å². The number of aryl methyl sites for hydroxylation is 2. The molecule has 0 amide bonds. The van der Waals surface area contributed by atoms with Crippen molar-refractivity contribution in [2.45, 2.75) is 18.9 Å². The summed E-state index contributed by atoms with van der Waals surface area (Å²) in [7, 11) is 2.20. The van der Waals surface area contributed by atoms with Gasteiger partial charge in [0.25, 0.3) is 0 Å². The predicted octanol–water partition coefficient (Wildman–Crippen LogP) is 3.17. The van der Waals surface area contributed by atoms with Gasteiger partial charge in [0.1, 0.15) is 0 Å². The summed E-state index contributed by atoms with van der Waals surface area (Å²) in [6, 6.07) is 11.0. The van der Waals surface area contributed by atoms with Crippen LogP contribution in [-0.2, 0) is 12.8 Å². The average Bonchev–Trinajstić information content (AvgIpc) is 2.72. The molecule has 1 aliphatic heterocycles. The summed E-state index contributed by atoms with van der Waals surface area (Å²) in [6.45, 7) is 4.40. The molecule has 1 aliphatic carbocycles. The molecule has 2 aromatic rings. The molecule has 23 heavy (non-hydrogen) atoms. The lowest BCUT2D eigenvalue weighted by Gasteiger charge is -2.39. The molecule has 2 heterocycles. The summed E-state index contributed by atoms with van der Waals surface area (Å²) >= 11 is 6.34. The number of halogens is 1. The Morgan fingerprint density at radius 2 is 1.87 bits per heavy atom. The largest absolute Gasteiger partial charge is 0.304 e. The molecule has 1 aromatic heterocycles. The lowest BCUT2D eigenvalue weighted by Crippen LogP contribution is -2.46. The van der Waals surface area contributed by atoms with Crippen molar-refractivity contribution in [3.63, 3.8) is 0 Å². The molecule has 1 unspecified atom stereocenters. The van der Waals surface area contributed by atoms with Crippen LogP contribution in [0.2, 0.25) is 5.02 Å². The molecule has 1 saturated heterocycles. The standard InChI is InChI=1S/C19H22ClN3/c1-22-9-11-23(12-10-22)19-16-3-2-8-21-18(16)7-5-14-4-6-15(20)13-17(14)19/h2-4,6,8,13,19H,5,7,9-12H2,1H3. The van der Waals surface area contributed by atoms with Gasteiger partial charge in [-0.15, -0.1) is 0 Å². The number of benzene rings is 1. The molecule has 1 fully saturated rings. The first-order valence-corrected chi connectivity index (χ1v) is 8.75. The molecule has 120 valence electrons. The van der Waals surface area contributed by atoms with Crippen LogP contribution < -0.4 is 0 Å². The third-order valence-corrected chi connectivity index (χ3v) is 5.39. The number of fused-ring (bicyclic) bond motifs is 2. The van der Waals surface area contributed by atoms with Gasteiger partial charge in [0.15, 0.2) is 0 Å². The summed E-state index contributed by atoms with van der Waals surface area (Å²) in [5.74, 6) is 0. The molecule has 3 nitrogen and oxygen atoms in total. The lowest BCUT2D eigenvalue weighted by molar-refractivity contribution is 0.127. The van der Waals surface area contributed by atoms with E-state index in [1.165, 1.54) is 22.4 Å². The minimum atomic E-state index is 0.281. The molecule has 4 rings (SSSR count). The highest BCUT2D eigenvalue weighted by atomic mass is 35.5. The first-order valence-electron chi connectivity index (χ1n) is 8.37. The predicted molar refractivity (Wildman–Crippen MR) is 94.0 cm³/mol. The van der Waals surface area contributed by atoms with Gasteiger partial charge < -0.3 is 4.90 Å². The summed E-state index contributed by atoms with van der Waals surface area (Å²) < 4.78 is 0. The van der Waals surface area contributed by atoms with Gasteiger partial charge in [0, 0.05) is 43.1 Å². The van der Waals surface area contributed by atoms with E-state index in [9.17, 15) is 0 Å². The van der Waals surface area contributed by atoms with E-state index in [0.717, 1.165) is 44.0 Å². The molecule has 1 atom stereocenters. The van der Waals surface area contributed by atoms with Crippen LogP contribution in [-0.4, -0.2) is 48.0 Å². The smallest absolute Gasteiger partial charge is 0.0623 e. The lowest BCUT2D eigenvalue weighted by atomic mass is 9.94. The highest BCUT2D eigenvalue weighted by Gasteiger charge is 2.31. The topological polar surface area (TPSA) is 19.4 Å². The van der Waals surface area contributed by atoms with Crippen molar-refractivity contribution >= 4 is 11.6 Å². The van der Waals surface area contributed by atoms with Crippen LogP contribution in [0.1, 0.15) is 28.4 Å². The minimum Gasteiger partial charge on any atom is -0.304 e.